The average Bonchev–Trinajstić information content (AvgIpc) is 1.27. The molecule has 0 unspecified atom stereocenters. The minimum Gasteiger partial charge on any atom is -0.312 e. The fourth-order valence-corrected chi connectivity index (χ4v) is 25.9. The molecule has 0 amide bonds. The maximum absolute atomic E-state index is 3.14. The maximum Gasteiger partial charge on any atom is 0.247 e. The number of hydrogen-bond donors (Lipinski definition) is 0. The zero-order chi connectivity index (χ0) is 56.8. The molecule has 3 aliphatic heterocycles. The molecule has 1 radical (unpaired) electrons. The van der Waals surface area contributed by atoms with E-state index in [1.165, 1.54) is 142 Å². The van der Waals surface area contributed by atoms with Crippen LogP contribution in [0, 0.1) is 41.5 Å². The first-order chi connectivity index (χ1) is 41.2. The van der Waals surface area contributed by atoms with Crippen molar-refractivity contribution in [2.24, 2.45) is 0 Å². The fourth-order valence-electron chi connectivity index (χ4n) is 15.6. The maximum atomic E-state index is 2.66. The largest absolute Gasteiger partial charge is 0.312 e. The Labute approximate surface area is 498 Å². The van der Waals surface area contributed by atoms with E-state index in [1.807, 2.05) is 0 Å². The van der Waals surface area contributed by atoms with Gasteiger partial charge in [0.2, 0.25) is 6.71 Å². The normalized spacial score (nSPS) is 14.0. The molecule has 3 aliphatic rings. The highest BCUT2D eigenvalue weighted by atomic mass is 28.3. The third-order valence-corrected chi connectivity index (χ3v) is 28.4. The first-order valence-corrected chi connectivity index (χ1v) is 33.7. The van der Waals surface area contributed by atoms with E-state index < -0.39 is 16.1 Å². The summed E-state index contributed by atoms with van der Waals surface area (Å²) >= 11 is 0. The molecule has 0 spiro atoms. The van der Waals surface area contributed by atoms with Gasteiger partial charge in [-0.3, -0.25) is 0 Å². The Morgan fingerprint density at radius 2 is 0.714 bits per heavy atom. The van der Waals surface area contributed by atoms with Crippen molar-refractivity contribution in [3.05, 3.63) is 306 Å². The Hall–Kier alpha value is -9.20. The van der Waals surface area contributed by atoms with E-state index in [-0.39, 0.29) is 6.71 Å². The van der Waals surface area contributed by atoms with Crippen LogP contribution in [0.25, 0.3) is 11.1 Å². The number of hydrogen-bond acceptors (Lipinski definition) is 2. The molecule has 0 fully saturated rings. The Morgan fingerprint density at radius 3 is 1.26 bits per heavy atom. The third-order valence-electron chi connectivity index (χ3n) is 18.7. The summed E-state index contributed by atoms with van der Waals surface area (Å²) in [6, 6.07) is 105. The Bertz CT molecular complexity index is 4380. The lowest BCUT2D eigenvalue weighted by molar-refractivity contribution is 1.29. The molecule has 6 heteroatoms. The first kappa shape index (κ1) is 51.7. The zero-order valence-corrected chi connectivity index (χ0v) is 50.5. The van der Waals surface area contributed by atoms with Crippen molar-refractivity contribution in [1.82, 2.24) is 0 Å². The van der Waals surface area contributed by atoms with E-state index >= 15 is 0 Å². The molecule has 0 aromatic heterocycles. The molecule has 0 bridgehead atoms. The van der Waals surface area contributed by atoms with Crippen LogP contribution in [0.1, 0.15) is 33.4 Å². The Morgan fingerprint density at radius 1 is 0.310 bits per heavy atom. The van der Waals surface area contributed by atoms with Crippen molar-refractivity contribution in [2.75, 3.05) is 9.80 Å². The standard InChI is InChI=1S/C78H63B2N2Si2/c1-52-46-54(3)76(55(4)47-52)79-64-34-19-21-37-67(64)81-69-39-23-24-40-72(69)83(60-26-11-7-12-27-60,61-28-13-8-14-29-61)74-50-58(42-44-70(74)81)59-43-45-71-75(51-59)84(62-30-15-9-16-31-62,63-32-17-10-18-33-63)73-41-25-36-66-78(73)82(71)68-38-22-20-35-65(68)80(66)77-56(5)48-53(2)49-57(77)6/h7-51H,1-6H3. The van der Waals surface area contributed by atoms with Crippen LogP contribution >= 0.6 is 0 Å². The molecule has 15 rings (SSSR count). The van der Waals surface area contributed by atoms with Crippen LogP contribution in [0.3, 0.4) is 0 Å². The van der Waals surface area contributed by atoms with E-state index in [0.29, 0.717) is 0 Å². The first-order valence-electron chi connectivity index (χ1n) is 29.7. The molecule has 0 N–H and O–H groups in total. The highest BCUT2D eigenvalue weighted by molar-refractivity contribution is 7.22. The van der Waals surface area contributed by atoms with E-state index in [0.717, 1.165) is 5.69 Å². The van der Waals surface area contributed by atoms with Crippen molar-refractivity contribution in [3.63, 3.8) is 0 Å². The molecule has 0 saturated heterocycles. The van der Waals surface area contributed by atoms with Crippen molar-refractivity contribution in [3.8, 4) is 11.1 Å². The van der Waals surface area contributed by atoms with E-state index in [2.05, 4.69) is 332 Å². The molecular weight excluding hydrogens is 1040 g/mol. The SMILES string of the molecule is Cc1cc(C)c([B]c2ccccc2N2c3ccccc3[Si](c3ccccc3)(c3ccccc3)c3cc(-c4ccc5c(c4)[Si](c4ccccc4)(c4ccccc4)c4cccc6c4N5c4ccccc4B6c4c(C)cc(C)cc4C)ccc32)c(C)c1. The van der Waals surface area contributed by atoms with Gasteiger partial charge in [-0.1, -0.05) is 292 Å². The zero-order valence-electron chi connectivity index (χ0n) is 48.5. The summed E-state index contributed by atoms with van der Waals surface area (Å²) < 4.78 is 0. The second-order valence-corrected chi connectivity index (χ2v) is 31.1. The lowest BCUT2D eigenvalue weighted by atomic mass is 9.34. The summed E-state index contributed by atoms with van der Waals surface area (Å²) in [5.41, 5.74) is 24.3. The molecule has 84 heavy (non-hydrogen) atoms. The number of anilines is 6. The summed E-state index contributed by atoms with van der Waals surface area (Å²) in [4.78, 5) is 5.24. The highest BCUT2D eigenvalue weighted by Gasteiger charge is 2.53. The molecule has 2 nitrogen and oxygen atoms in total. The Balaban J connectivity index is 1.01. The molecule has 0 aliphatic carbocycles. The van der Waals surface area contributed by atoms with Gasteiger partial charge in [-0.2, -0.15) is 0 Å². The van der Waals surface area contributed by atoms with E-state index in [1.54, 1.807) is 0 Å². The van der Waals surface area contributed by atoms with Gasteiger partial charge >= 0.3 is 0 Å². The van der Waals surface area contributed by atoms with Crippen molar-refractivity contribution < 1.29 is 0 Å². The topological polar surface area (TPSA) is 6.48 Å². The van der Waals surface area contributed by atoms with E-state index in [4.69, 9.17) is 0 Å². The van der Waals surface area contributed by atoms with E-state index in [9.17, 15) is 0 Å². The second kappa shape index (κ2) is 20.3. The fraction of sp³-hybridized carbons (Fsp3) is 0.0769. The molecule has 12 aromatic rings. The number of fused-ring (bicyclic) bond motifs is 6. The van der Waals surface area contributed by atoms with Crippen LogP contribution < -0.4 is 78.6 Å². The van der Waals surface area contributed by atoms with Crippen molar-refractivity contribution in [2.45, 2.75) is 41.5 Å². The lowest BCUT2D eigenvalue weighted by Gasteiger charge is -2.49. The minimum absolute atomic E-state index is 0.0617. The highest BCUT2D eigenvalue weighted by Crippen LogP contribution is 2.43. The summed E-state index contributed by atoms with van der Waals surface area (Å²) in [5, 5.41) is 11.0. The molecule has 12 aromatic carbocycles. The average molecular weight is 1110 g/mol. The van der Waals surface area contributed by atoms with Gasteiger partial charge in [-0.25, -0.2) is 0 Å². The second-order valence-electron chi connectivity index (χ2n) is 23.7. The number of benzene rings is 12. The number of para-hydroxylation sites is 4. The number of nitrogens with zero attached hydrogens (tertiary/aromatic N) is 2. The molecule has 399 valence electrons. The van der Waals surface area contributed by atoms with Crippen LogP contribution in [0.4, 0.5) is 34.1 Å². The lowest BCUT2D eigenvalue weighted by Crippen LogP contribution is -2.78. The van der Waals surface area contributed by atoms with Crippen molar-refractivity contribution in [1.29, 1.82) is 0 Å². The number of rotatable bonds is 9. The van der Waals surface area contributed by atoms with Crippen LogP contribution in [0.2, 0.25) is 0 Å². The van der Waals surface area contributed by atoms with Crippen LogP contribution in [0.15, 0.2) is 273 Å². The summed E-state index contributed by atoms with van der Waals surface area (Å²) in [6.45, 7) is 13.6. The summed E-state index contributed by atoms with van der Waals surface area (Å²) in [6.07, 6.45) is 0. The molecular formula is C78H63B2N2Si2. The predicted molar refractivity (Wildman–Crippen MR) is 367 cm³/mol. The van der Waals surface area contributed by atoms with Gasteiger partial charge in [0.25, 0.3) is 0 Å². The van der Waals surface area contributed by atoms with Gasteiger partial charge in [0.05, 0.1) is 0 Å². The third kappa shape index (κ3) is 7.77. The van der Waals surface area contributed by atoms with Gasteiger partial charge in [0, 0.05) is 34.1 Å². The Kier molecular flexibility index (Phi) is 12.5. The smallest absolute Gasteiger partial charge is 0.247 e. The summed E-state index contributed by atoms with van der Waals surface area (Å²) in [5.74, 6) is 0. The van der Waals surface area contributed by atoms with Crippen LogP contribution in [-0.2, 0) is 0 Å². The van der Waals surface area contributed by atoms with Gasteiger partial charge in [-0.05, 0) is 135 Å². The van der Waals surface area contributed by atoms with Gasteiger partial charge in [0.15, 0.2) is 23.4 Å². The van der Waals surface area contributed by atoms with Crippen LogP contribution in [-0.4, -0.2) is 30.1 Å². The summed E-state index contributed by atoms with van der Waals surface area (Å²) in [7, 11) is -3.82. The number of aryl methyl sites for hydroxylation is 6. The van der Waals surface area contributed by atoms with Gasteiger partial charge in [-0.15, -0.1) is 0 Å². The monoisotopic (exact) mass is 1110 g/mol. The predicted octanol–water partition coefficient (Wildman–Crippen LogP) is 10.0. The van der Waals surface area contributed by atoms with Gasteiger partial charge in [0.1, 0.15) is 0 Å². The van der Waals surface area contributed by atoms with Gasteiger partial charge < -0.3 is 9.80 Å². The molecule has 3 heterocycles. The molecule has 0 atom stereocenters. The minimum atomic E-state index is -3.14. The quantitative estimate of drug-likeness (QED) is 0.133. The molecule has 0 saturated carbocycles. The van der Waals surface area contributed by atoms with Crippen molar-refractivity contribution >= 4 is 133 Å². The van der Waals surface area contributed by atoms with Crippen LogP contribution in [0.5, 0.6) is 0 Å².